The number of aromatic nitrogens is 2. The summed E-state index contributed by atoms with van der Waals surface area (Å²) in [5, 5.41) is 0.438. The lowest BCUT2D eigenvalue weighted by Crippen LogP contribution is -2.47. The van der Waals surface area contributed by atoms with Crippen LogP contribution in [0.4, 0.5) is 5.82 Å². The summed E-state index contributed by atoms with van der Waals surface area (Å²) < 4.78 is 0. The molecule has 1 saturated heterocycles. The van der Waals surface area contributed by atoms with Crippen LogP contribution < -0.4 is 4.90 Å². The minimum Gasteiger partial charge on any atom is -0.346 e. The Hall–Kier alpha value is -1.65. The molecule has 0 bridgehead atoms. The Morgan fingerprint density at radius 1 is 1.15 bits per heavy atom. The predicted molar refractivity (Wildman–Crippen MR) is 81.1 cm³/mol. The van der Waals surface area contributed by atoms with Crippen LogP contribution in [0, 0.1) is 0 Å². The van der Waals surface area contributed by atoms with E-state index in [9.17, 15) is 0 Å². The van der Waals surface area contributed by atoms with Crippen LogP contribution in [0.5, 0.6) is 0 Å². The number of anilines is 1. The number of halogens is 1. The van der Waals surface area contributed by atoms with Crippen molar-refractivity contribution in [3.63, 3.8) is 0 Å². The fourth-order valence-corrected chi connectivity index (χ4v) is 2.77. The van der Waals surface area contributed by atoms with Crippen molar-refractivity contribution in [1.29, 1.82) is 0 Å². The van der Waals surface area contributed by atoms with Gasteiger partial charge in [-0.15, -0.1) is 0 Å². The molecule has 0 radical (unpaired) electrons. The number of piperazine rings is 1. The lowest BCUT2D eigenvalue weighted by Gasteiger charge is -2.40. The van der Waals surface area contributed by atoms with E-state index in [1.165, 1.54) is 5.56 Å². The van der Waals surface area contributed by atoms with Crippen LogP contribution in [0.1, 0.15) is 11.6 Å². The van der Waals surface area contributed by atoms with Crippen LogP contribution >= 0.6 is 11.6 Å². The van der Waals surface area contributed by atoms with Crippen LogP contribution in [0.3, 0.4) is 0 Å². The van der Waals surface area contributed by atoms with Gasteiger partial charge in [-0.05, 0) is 12.6 Å². The van der Waals surface area contributed by atoms with Gasteiger partial charge in [0.15, 0.2) is 0 Å². The van der Waals surface area contributed by atoms with Gasteiger partial charge in [-0.2, -0.15) is 0 Å². The molecule has 0 saturated carbocycles. The number of benzene rings is 1. The van der Waals surface area contributed by atoms with Crippen molar-refractivity contribution in [3.8, 4) is 0 Å². The number of likely N-dealkylation sites (N-methyl/N-ethyl adjacent to an activating group) is 1. The minimum absolute atomic E-state index is 0.280. The second kappa shape index (κ2) is 5.77. The molecule has 1 aromatic heterocycles. The Morgan fingerprint density at radius 3 is 2.70 bits per heavy atom. The summed E-state index contributed by atoms with van der Waals surface area (Å²) >= 11 is 5.98. The van der Waals surface area contributed by atoms with Gasteiger partial charge in [-0.25, -0.2) is 4.98 Å². The first kappa shape index (κ1) is 13.3. The number of hydrogen-bond donors (Lipinski definition) is 0. The van der Waals surface area contributed by atoms with Gasteiger partial charge in [0.1, 0.15) is 11.0 Å². The maximum absolute atomic E-state index is 5.98. The van der Waals surface area contributed by atoms with Gasteiger partial charge in [0, 0.05) is 19.6 Å². The van der Waals surface area contributed by atoms with Crippen molar-refractivity contribution in [2.45, 2.75) is 6.04 Å². The highest BCUT2D eigenvalue weighted by molar-refractivity contribution is 6.29. The van der Waals surface area contributed by atoms with E-state index < -0.39 is 0 Å². The maximum atomic E-state index is 5.98. The number of rotatable bonds is 2. The summed E-state index contributed by atoms with van der Waals surface area (Å²) in [6.07, 6.45) is 3.35. The van der Waals surface area contributed by atoms with Crippen LogP contribution in [0.15, 0.2) is 42.7 Å². The molecule has 4 nitrogen and oxygen atoms in total. The zero-order valence-corrected chi connectivity index (χ0v) is 12.2. The largest absolute Gasteiger partial charge is 0.346 e. The summed E-state index contributed by atoms with van der Waals surface area (Å²) in [5.74, 6) is 0.847. The smallest absolute Gasteiger partial charge is 0.149 e. The molecule has 1 atom stereocenters. The monoisotopic (exact) mass is 288 g/mol. The third-order valence-corrected chi connectivity index (χ3v) is 3.84. The first-order valence-corrected chi connectivity index (χ1v) is 7.09. The molecule has 1 aromatic carbocycles. The van der Waals surface area contributed by atoms with Crippen LogP contribution in [0.2, 0.25) is 5.15 Å². The summed E-state index contributed by atoms with van der Waals surface area (Å²) in [6, 6.07) is 10.8. The normalized spacial score (nSPS) is 20.1. The van der Waals surface area contributed by atoms with Crippen LogP contribution in [-0.2, 0) is 0 Å². The molecule has 0 N–H and O–H groups in total. The van der Waals surface area contributed by atoms with E-state index in [1.807, 2.05) is 6.07 Å². The Morgan fingerprint density at radius 2 is 1.95 bits per heavy atom. The number of hydrogen-bond acceptors (Lipinski definition) is 4. The summed E-state index contributed by atoms with van der Waals surface area (Å²) in [7, 11) is 2.15. The van der Waals surface area contributed by atoms with Gasteiger partial charge in [0.25, 0.3) is 0 Å². The van der Waals surface area contributed by atoms with E-state index in [1.54, 1.807) is 12.4 Å². The fraction of sp³-hybridized carbons (Fsp3) is 0.333. The van der Waals surface area contributed by atoms with Gasteiger partial charge in [0.2, 0.25) is 0 Å². The van der Waals surface area contributed by atoms with E-state index in [0.717, 1.165) is 25.5 Å². The Balaban J connectivity index is 1.95. The van der Waals surface area contributed by atoms with Gasteiger partial charge < -0.3 is 9.80 Å². The third kappa shape index (κ3) is 2.76. The van der Waals surface area contributed by atoms with Crippen molar-refractivity contribution in [2.75, 3.05) is 31.6 Å². The highest BCUT2D eigenvalue weighted by Crippen LogP contribution is 2.29. The molecule has 1 aliphatic heterocycles. The molecule has 1 aliphatic rings. The summed E-state index contributed by atoms with van der Waals surface area (Å²) in [4.78, 5) is 13.2. The highest BCUT2D eigenvalue weighted by Gasteiger charge is 2.27. The van der Waals surface area contributed by atoms with Crippen molar-refractivity contribution in [3.05, 3.63) is 53.4 Å². The molecule has 2 aromatic rings. The number of nitrogens with zero attached hydrogens (tertiary/aromatic N) is 4. The van der Waals surface area contributed by atoms with Crippen LogP contribution in [0.25, 0.3) is 0 Å². The second-order valence-electron chi connectivity index (χ2n) is 5.08. The van der Waals surface area contributed by atoms with E-state index in [-0.39, 0.29) is 6.04 Å². The third-order valence-electron chi connectivity index (χ3n) is 3.65. The molecule has 5 heteroatoms. The van der Waals surface area contributed by atoms with Gasteiger partial charge in [-0.3, -0.25) is 4.98 Å². The SMILES string of the molecule is CN1CCN(c2cncc(Cl)n2)C(c2ccccc2)C1. The topological polar surface area (TPSA) is 32.3 Å². The maximum Gasteiger partial charge on any atom is 0.149 e. The Kier molecular flexibility index (Phi) is 3.85. The first-order valence-electron chi connectivity index (χ1n) is 6.72. The predicted octanol–water partition coefficient (Wildman–Crippen LogP) is 2.62. The van der Waals surface area contributed by atoms with Gasteiger partial charge in [0.05, 0.1) is 18.4 Å². The molecule has 0 spiro atoms. The van der Waals surface area contributed by atoms with Gasteiger partial charge in [-0.1, -0.05) is 41.9 Å². The zero-order chi connectivity index (χ0) is 13.9. The molecule has 0 aliphatic carbocycles. The average molecular weight is 289 g/mol. The molecule has 3 rings (SSSR count). The fourth-order valence-electron chi connectivity index (χ4n) is 2.63. The molecule has 1 unspecified atom stereocenters. The van der Waals surface area contributed by atoms with Crippen molar-refractivity contribution < 1.29 is 0 Å². The summed E-state index contributed by atoms with van der Waals surface area (Å²) in [6.45, 7) is 2.90. The molecule has 20 heavy (non-hydrogen) atoms. The molecular weight excluding hydrogens is 272 g/mol. The van der Waals surface area contributed by atoms with Crippen molar-refractivity contribution in [1.82, 2.24) is 14.9 Å². The molecule has 2 heterocycles. The minimum atomic E-state index is 0.280. The van der Waals surface area contributed by atoms with E-state index in [0.29, 0.717) is 5.15 Å². The first-order chi connectivity index (χ1) is 9.74. The molecule has 0 amide bonds. The lowest BCUT2D eigenvalue weighted by molar-refractivity contribution is 0.268. The lowest BCUT2D eigenvalue weighted by atomic mass is 10.0. The van der Waals surface area contributed by atoms with E-state index in [2.05, 4.69) is 51.1 Å². The molecule has 1 fully saturated rings. The average Bonchev–Trinajstić information content (AvgIpc) is 2.48. The molecule has 104 valence electrons. The summed E-state index contributed by atoms with van der Waals surface area (Å²) in [5.41, 5.74) is 1.29. The Bertz CT molecular complexity index is 575. The quantitative estimate of drug-likeness (QED) is 0.850. The standard InChI is InChI=1S/C15H17ClN4/c1-19-7-8-20(15-10-17-9-14(16)18-15)13(11-19)12-5-3-2-4-6-12/h2-6,9-10,13H,7-8,11H2,1H3. The highest BCUT2D eigenvalue weighted by atomic mass is 35.5. The van der Waals surface area contributed by atoms with Gasteiger partial charge >= 0.3 is 0 Å². The Labute approximate surface area is 124 Å². The van der Waals surface area contributed by atoms with E-state index in [4.69, 9.17) is 11.6 Å². The molecular formula is C15H17ClN4. The van der Waals surface area contributed by atoms with Crippen LogP contribution in [-0.4, -0.2) is 41.5 Å². The second-order valence-corrected chi connectivity index (χ2v) is 5.47. The van der Waals surface area contributed by atoms with Crippen molar-refractivity contribution >= 4 is 17.4 Å². The van der Waals surface area contributed by atoms with E-state index >= 15 is 0 Å². The van der Waals surface area contributed by atoms with Crippen molar-refractivity contribution in [2.24, 2.45) is 0 Å². The zero-order valence-electron chi connectivity index (χ0n) is 11.4.